The van der Waals surface area contributed by atoms with Gasteiger partial charge < -0.3 is 5.32 Å². The average Bonchev–Trinajstić information content (AvgIpc) is 2.77. The van der Waals surface area contributed by atoms with Crippen LogP contribution in [0.1, 0.15) is 26.0 Å². The zero-order valence-corrected chi connectivity index (χ0v) is 11.9. The molecule has 4 nitrogen and oxygen atoms in total. The molecule has 0 unspecified atom stereocenters. The van der Waals surface area contributed by atoms with Gasteiger partial charge in [0.1, 0.15) is 11.4 Å². The molecule has 4 heteroatoms. The van der Waals surface area contributed by atoms with Crippen LogP contribution in [0.5, 0.6) is 0 Å². The van der Waals surface area contributed by atoms with E-state index in [1.54, 1.807) is 4.80 Å². The van der Waals surface area contributed by atoms with Gasteiger partial charge in [-0.25, -0.2) is 0 Å². The molecule has 0 radical (unpaired) electrons. The molecule has 1 heterocycles. The van der Waals surface area contributed by atoms with Crippen molar-refractivity contribution in [2.24, 2.45) is 13.0 Å². The van der Waals surface area contributed by atoms with Crippen molar-refractivity contribution < 1.29 is 0 Å². The Kier molecular flexibility index (Phi) is 4.68. The van der Waals surface area contributed by atoms with Crippen LogP contribution < -0.4 is 5.32 Å². The second-order valence-electron chi connectivity index (χ2n) is 5.21. The summed E-state index contributed by atoms with van der Waals surface area (Å²) in [6.45, 7) is 6.26. The normalized spacial score (nSPS) is 11.2. The molecule has 0 aliphatic rings. The number of benzene rings is 1. The van der Waals surface area contributed by atoms with E-state index in [1.165, 1.54) is 6.42 Å². The van der Waals surface area contributed by atoms with E-state index in [0.717, 1.165) is 36.0 Å². The molecule has 0 amide bonds. The standard InChI is InChI=1S/C15H22N4/c1-12(2)9-10-16-11-14-15(18-19(3)17-14)13-7-5-4-6-8-13/h4-8,12,16H,9-11H2,1-3H3. The van der Waals surface area contributed by atoms with Crippen LogP contribution in [-0.4, -0.2) is 21.5 Å². The molecule has 0 bridgehead atoms. The lowest BCUT2D eigenvalue weighted by Gasteiger charge is -2.06. The van der Waals surface area contributed by atoms with Gasteiger partial charge in [0.2, 0.25) is 0 Å². The van der Waals surface area contributed by atoms with Crippen molar-refractivity contribution in [3.8, 4) is 11.3 Å². The summed E-state index contributed by atoms with van der Waals surface area (Å²) < 4.78 is 0. The second-order valence-corrected chi connectivity index (χ2v) is 5.21. The summed E-state index contributed by atoms with van der Waals surface area (Å²) in [6, 6.07) is 10.2. The summed E-state index contributed by atoms with van der Waals surface area (Å²) >= 11 is 0. The van der Waals surface area contributed by atoms with Gasteiger partial charge in [-0.3, -0.25) is 0 Å². The molecule has 0 fully saturated rings. The molecule has 0 aliphatic heterocycles. The van der Waals surface area contributed by atoms with E-state index in [9.17, 15) is 0 Å². The first kappa shape index (κ1) is 13.7. The lowest BCUT2D eigenvalue weighted by Crippen LogP contribution is -2.17. The minimum absolute atomic E-state index is 0.725. The Morgan fingerprint density at radius 3 is 2.58 bits per heavy atom. The van der Waals surface area contributed by atoms with Crippen LogP contribution in [0.25, 0.3) is 11.3 Å². The maximum Gasteiger partial charge on any atom is 0.117 e. The number of hydrogen-bond acceptors (Lipinski definition) is 3. The minimum atomic E-state index is 0.725. The number of nitrogens with one attached hydrogen (secondary N) is 1. The van der Waals surface area contributed by atoms with Crippen LogP contribution in [0.4, 0.5) is 0 Å². The highest BCUT2D eigenvalue weighted by atomic mass is 15.5. The number of aromatic nitrogens is 3. The Balaban J connectivity index is 2.05. The highest BCUT2D eigenvalue weighted by Gasteiger charge is 2.11. The second kappa shape index (κ2) is 6.48. The fourth-order valence-electron chi connectivity index (χ4n) is 1.98. The summed E-state index contributed by atoms with van der Waals surface area (Å²) in [4.78, 5) is 1.64. The van der Waals surface area contributed by atoms with E-state index in [-0.39, 0.29) is 0 Å². The van der Waals surface area contributed by atoms with Crippen LogP contribution in [-0.2, 0) is 13.6 Å². The number of aryl methyl sites for hydroxylation is 1. The predicted octanol–water partition coefficient (Wildman–Crippen LogP) is 2.62. The molecular formula is C15H22N4. The van der Waals surface area contributed by atoms with E-state index in [0.29, 0.717) is 0 Å². The smallest absolute Gasteiger partial charge is 0.117 e. The highest BCUT2D eigenvalue weighted by Crippen LogP contribution is 2.19. The third-order valence-corrected chi connectivity index (χ3v) is 3.02. The highest BCUT2D eigenvalue weighted by molar-refractivity contribution is 5.60. The van der Waals surface area contributed by atoms with Gasteiger partial charge >= 0.3 is 0 Å². The Morgan fingerprint density at radius 2 is 1.89 bits per heavy atom. The monoisotopic (exact) mass is 258 g/mol. The molecule has 102 valence electrons. The van der Waals surface area contributed by atoms with E-state index >= 15 is 0 Å². The van der Waals surface area contributed by atoms with Gasteiger partial charge in [0.05, 0.1) is 0 Å². The van der Waals surface area contributed by atoms with Crippen LogP contribution >= 0.6 is 0 Å². The largest absolute Gasteiger partial charge is 0.311 e. The first-order valence-electron chi connectivity index (χ1n) is 6.83. The average molecular weight is 258 g/mol. The van der Waals surface area contributed by atoms with Crippen LogP contribution in [0.2, 0.25) is 0 Å². The van der Waals surface area contributed by atoms with Gasteiger partial charge in [-0.15, -0.1) is 0 Å². The third-order valence-electron chi connectivity index (χ3n) is 3.02. The maximum absolute atomic E-state index is 4.46. The van der Waals surface area contributed by atoms with Gasteiger partial charge in [-0.2, -0.15) is 15.0 Å². The molecule has 1 aromatic carbocycles. The van der Waals surface area contributed by atoms with Crippen molar-refractivity contribution >= 4 is 0 Å². The SMILES string of the molecule is CC(C)CCNCc1nn(C)nc1-c1ccccc1. The van der Waals surface area contributed by atoms with Gasteiger partial charge in [0, 0.05) is 19.2 Å². The summed E-state index contributed by atoms with van der Waals surface area (Å²) in [5, 5.41) is 12.3. The molecule has 0 aliphatic carbocycles. The quantitative estimate of drug-likeness (QED) is 0.810. The predicted molar refractivity (Wildman–Crippen MR) is 77.6 cm³/mol. The van der Waals surface area contributed by atoms with Crippen molar-refractivity contribution in [2.45, 2.75) is 26.8 Å². The lowest BCUT2D eigenvalue weighted by atomic mass is 10.1. The first-order chi connectivity index (χ1) is 9.16. The topological polar surface area (TPSA) is 42.7 Å². The van der Waals surface area contributed by atoms with Crippen molar-refractivity contribution in [2.75, 3.05) is 6.54 Å². The molecule has 2 rings (SSSR count). The molecule has 0 saturated carbocycles. The van der Waals surface area contributed by atoms with Gasteiger partial charge in [-0.05, 0) is 18.9 Å². The van der Waals surface area contributed by atoms with E-state index in [2.05, 4.69) is 41.5 Å². The van der Waals surface area contributed by atoms with E-state index < -0.39 is 0 Å². The molecule has 1 aromatic heterocycles. The Hall–Kier alpha value is -1.68. The molecule has 0 saturated heterocycles. The Morgan fingerprint density at radius 1 is 1.16 bits per heavy atom. The lowest BCUT2D eigenvalue weighted by molar-refractivity contribution is 0.532. The van der Waals surface area contributed by atoms with Crippen molar-refractivity contribution in [3.63, 3.8) is 0 Å². The molecular weight excluding hydrogens is 236 g/mol. The summed E-state index contributed by atoms with van der Waals surface area (Å²) in [5.74, 6) is 0.725. The zero-order valence-electron chi connectivity index (χ0n) is 11.9. The third kappa shape index (κ3) is 3.89. The van der Waals surface area contributed by atoms with E-state index in [4.69, 9.17) is 0 Å². The number of rotatable bonds is 6. The van der Waals surface area contributed by atoms with Gasteiger partial charge in [0.15, 0.2) is 0 Å². The van der Waals surface area contributed by atoms with E-state index in [1.807, 2.05) is 25.2 Å². The first-order valence-corrected chi connectivity index (χ1v) is 6.83. The molecule has 19 heavy (non-hydrogen) atoms. The molecule has 1 N–H and O–H groups in total. The van der Waals surface area contributed by atoms with Crippen LogP contribution in [0.3, 0.4) is 0 Å². The summed E-state index contributed by atoms with van der Waals surface area (Å²) in [6.07, 6.45) is 1.18. The fraction of sp³-hybridized carbons (Fsp3) is 0.467. The number of hydrogen-bond donors (Lipinski definition) is 1. The molecule has 0 spiro atoms. The van der Waals surface area contributed by atoms with Crippen LogP contribution in [0.15, 0.2) is 30.3 Å². The van der Waals surface area contributed by atoms with Crippen molar-refractivity contribution in [1.29, 1.82) is 0 Å². The minimum Gasteiger partial charge on any atom is -0.311 e. The zero-order chi connectivity index (χ0) is 13.7. The van der Waals surface area contributed by atoms with Gasteiger partial charge in [0.25, 0.3) is 0 Å². The maximum atomic E-state index is 4.46. The molecule has 2 aromatic rings. The Bertz CT molecular complexity index is 502. The van der Waals surface area contributed by atoms with Crippen LogP contribution in [0, 0.1) is 5.92 Å². The van der Waals surface area contributed by atoms with Gasteiger partial charge in [-0.1, -0.05) is 44.2 Å². The number of nitrogens with zero attached hydrogens (tertiary/aromatic N) is 3. The summed E-state index contributed by atoms with van der Waals surface area (Å²) in [7, 11) is 1.87. The fourth-order valence-corrected chi connectivity index (χ4v) is 1.98. The summed E-state index contributed by atoms with van der Waals surface area (Å²) in [5.41, 5.74) is 3.11. The van der Waals surface area contributed by atoms with Crippen molar-refractivity contribution in [3.05, 3.63) is 36.0 Å². The molecule has 0 atom stereocenters. The Labute approximate surface area is 114 Å². The van der Waals surface area contributed by atoms with Crippen molar-refractivity contribution in [1.82, 2.24) is 20.3 Å².